The summed E-state index contributed by atoms with van der Waals surface area (Å²) in [5, 5.41) is 3.27. The van der Waals surface area contributed by atoms with E-state index in [1.54, 1.807) is 16.2 Å². The van der Waals surface area contributed by atoms with Crippen molar-refractivity contribution in [3.05, 3.63) is 34.2 Å². The molecule has 0 bridgehead atoms. The molecule has 2 aliphatic heterocycles. The van der Waals surface area contributed by atoms with Crippen LogP contribution in [0, 0.1) is 0 Å². The molecule has 0 unspecified atom stereocenters. The molecule has 1 saturated heterocycles. The molecule has 3 heterocycles. The molecule has 4 rings (SSSR count). The molecule has 0 radical (unpaired) electrons. The lowest BCUT2D eigenvalue weighted by Crippen LogP contribution is -2.39. The van der Waals surface area contributed by atoms with E-state index in [2.05, 4.69) is 22.4 Å². The van der Waals surface area contributed by atoms with Crippen LogP contribution in [0.2, 0.25) is 0 Å². The topological polar surface area (TPSA) is 62.5 Å². The first-order valence-corrected chi connectivity index (χ1v) is 9.30. The molecule has 0 saturated carbocycles. The van der Waals surface area contributed by atoms with Gasteiger partial charge in [0.05, 0.1) is 18.7 Å². The molecule has 0 spiro atoms. The van der Waals surface area contributed by atoms with Crippen LogP contribution in [0.4, 0.5) is 5.69 Å². The molecule has 2 aliphatic rings. The van der Waals surface area contributed by atoms with Gasteiger partial charge >= 0.3 is 0 Å². The van der Waals surface area contributed by atoms with E-state index in [9.17, 15) is 4.79 Å². The monoisotopic (exact) mass is 342 g/mol. The fraction of sp³-hybridized carbons (Fsp3) is 0.444. The summed E-state index contributed by atoms with van der Waals surface area (Å²) in [5.74, 6) is 0.157. The average Bonchev–Trinajstić information content (AvgIpc) is 3.15. The number of nitrogens with two attached hydrogens (primary N) is 1. The van der Waals surface area contributed by atoms with Crippen LogP contribution in [0.15, 0.2) is 23.6 Å². The Hall–Kier alpha value is -1.76. The summed E-state index contributed by atoms with van der Waals surface area (Å²) in [6.45, 7) is 3.02. The summed E-state index contributed by atoms with van der Waals surface area (Å²) >= 11 is 1.71. The van der Waals surface area contributed by atoms with E-state index in [-0.39, 0.29) is 5.91 Å². The maximum Gasteiger partial charge on any atom is 0.231 e. The third kappa shape index (κ3) is 2.97. The van der Waals surface area contributed by atoms with Gasteiger partial charge < -0.3 is 10.6 Å². The highest BCUT2D eigenvalue weighted by Gasteiger charge is 2.24. The zero-order valence-corrected chi connectivity index (χ0v) is 14.7. The summed E-state index contributed by atoms with van der Waals surface area (Å²) in [6, 6.07) is 6.56. The van der Waals surface area contributed by atoms with Crippen molar-refractivity contribution in [2.24, 2.45) is 5.73 Å². The minimum Gasteiger partial charge on any atom is -0.328 e. The summed E-state index contributed by atoms with van der Waals surface area (Å²) in [4.78, 5) is 20.8. The molecule has 6 heteroatoms. The van der Waals surface area contributed by atoms with Gasteiger partial charge in [-0.25, -0.2) is 4.98 Å². The fourth-order valence-corrected chi connectivity index (χ4v) is 4.29. The van der Waals surface area contributed by atoms with E-state index in [1.807, 2.05) is 13.1 Å². The van der Waals surface area contributed by atoms with Crippen molar-refractivity contribution in [2.45, 2.75) is 31.8 Å². The number of piperidine rings is 1. The highest BCUT2D eigenvalue weighted by molar-refractivity contribution is 7.09. The summed E-state index contributed by atoms with van der Waals surface area (Å²) in [6.07, 6.45) is 2.64. The normalized spacial score (nSPS) is 19.1. The largest absolute Gasteiger partial charge is 0.328 e. The number of rotatable bonds is 3. The van der Waals surface area contributed by atoms with Gasteiger partial charge in [-0.1, -0.05) is 6.07 Å². The smallest absolute Gasteiger partial charge is 0.231 e. The van der Waals surface area contributed by atoms with Crippen LogP contribution in [0.5, 0.6) is 0 Å². The van der Waals surface area contributed by atoms with Gasteiger partial charge in [-0.2, -0.15) is 0 Å². The zero-order chi connectivity index (χ0) is 16.7. The SMILES string of the molecule is CN1C(=O)Cc2cc(-c3csc(CN4CCC(N)CC4)n3)ccc21. The van der Waals surface area contributed by atoms with Gasteiger partial charge in [-0.05, 0) is 30.5 Å². The van der Waals surface area contributed by atoms with Gasteiger partial charge in [0, 0.05) is 42.8 Å². The van der Waals surface area contributed by atoms with Crippen LogP contribution in [0.3, 0.4) is 0 Å². The molecule has 1 amide bonds. The maximum atomic E-state index is 11.8. The fourth-order valence-electron chi connectivity index (χ4n) is 3.45. The van der Waals surface area contributed by atoms with Gasteiger partial charge in [-0.15, -0.1) is 11.3 Å². The van der Waals surface area contributed by atoms with E-state index in [0.29, 0.717) is 12.5 Å². The van der Waals surface area contributed by atoms with Crippen LogP contribution in [0.25, 0.3) is 11.3 Å². The number of amides is 1. The Kier molecular flexibility index (Phi) is 4.12. The molecule has 0 atom stereocenters. The Balaban J connectivity index is 1.49. The molecule has 2 N–H and O–H groups in total. The number of fused-ring (bicyclic) bond motifs is 1. The number of thiazole rings is 1. The zero-order valence-electron chi connectivity index (χ0n) is 13.9. The van der Waals surface area contributed by atoms with E-state index < -0.39 is 0 Å². The van der Waals surface area contributed by atoms with Crippen LogP contribution in [-0.4, -0.2) is 42.0 Å². The molecule has 0 aliphatic carbocycles. The number of carbonyl (C=O) groups is 1. The number of nitrogens with zero attached hydrogens (tertiary/aromatic N) is 3. The van der Waals surface area contributed by atoms with Crippen molar-refractivity contribution in [3.8, 4) is 11.3 Å². The number of carbonyl (C=O) groups excluding carboxylic acids is 1. The van der Waals surface area contributed by atoms with Gasteiger partial charge in [0.15, 0.2) is 0 Å². The number of likely N-dealkylation sites (tertiary alicyclic amines) is 1. The van der Waals surface area contributed by atoms with Gasteiger partial charge in [0.25, 0.3) is 0 Å². The maximum absolute atomic E-state index is 11.8. The molecule has 24 heavy (non-hydrogen) atoms. The van der Waals surface area contributed by atoms with Crippen LogP contribution < -0.4 is 10.6 Å². The van der Waals surface area contributed by atoms with Gasteiger partial charge in [-0.3, -0.25) is 9.69 Å². The minimum absolute atomic E-state index is 0.157. The van der Waals surface area contributed by atoms with Crippen LogP contribution >= 0.6 is 11.3 Å². The Morgan fingerprint density at radius 3 is 2.92 bits per heavy atom. The lowest BCUT2D eigenvalue weighted by molar-refractivity contribution is -0.117. The number of likely N-dealkylation sites (N-methyl/N-ethyl adjacent to an activating group) is 1. The lowest BCUT2D eigenvalue weighted by atomic mass is 10.1. The number of benzene rings is 1. The Morgan fingerprint density at radius 2 is 2.12 bits per heavy atom. The Labute approximate surface area is 146 Å². The lowest BCUT2D eigenvalue weighted by Gasteiger charge is -2.29. The highest BCUT2D eigenvalue weighted by atomic mass is 32.1. The van der Waals surface area contributed by atoms with Crippen molar-refractivity contribution in [1.82, 2.24) is 9.88 Å². The summed E-state index contributed by atoms with van der Waals surface area (Å²) in [5.41, 5.74) is 10.2. The quantitative estimate of drug-likeness (QED) is 0.929. The molecule has 1 aromatic heterocycles. The molecule has 2 aromatic rings. The third-order valence-electron chi connectivity index (χ3n) is 5.00. The van der Waals surface area contributed by atoms with Gasteiger partial charge in [0.2, 0.25) is 5.91 Å². The minimum atomic E-state index is 0.157. The molecule has 1 aromatic carbocycles. The standard InChI is InChI=1S/C18H22N4OS/c1-21-16-3-2-12(8-13(16)9-18(21)23)15-11-24-17(20-15)10-22-6-4-14(19)5-7-22/h2-3,8,11,14H,4-7,9-10,19H2,1H3. The highest BCUT2D eigenvalue weighted by Crippen LogP contribution is 2.32. The molecule has 126 valence electrons. The number of hydrogen-bond donors (Lipinski definition) is 1. The Morgan fingerprint density at radius 1 is 1.33 bits per heavy atom. The molecule has 5 nitrogen and oxygen atoms in total. The number of aromatic nitrogens is 1. The second-order valence-corrected chi connectivity index (χ2v) is 7.66. The van der Waals surface area contributed by atoms with Gasteiger partial charge in [0.1, 0.15) is 5.01 Å². The van der Waals surface area contributed by atoms with E-state index in [4.69, 9.17) is 10.7 Å². The van der Waals surface area contributed by atoms with Crippen LogP contribution in [0.1, 0.15) is 23.4 Å². The number of anilines is 1. The molecule has 1 fully saturated rings. The first-order chi connectivity index (χ1) is 11.6. The van der Waals surface area contributed by atoms with Crippen molar-refractivity contribution < 1.29 is 4.79 Å². The van der Waals surface area contributed by atoms with Crippen molar-refractivity contribution in [2.75, 3.05) is 25.0 Å². The van der Waals surface area contributed by atoms with E-state index >= 15 is 0 Å². The van der Waals surface area contributed by atoms with E-state index in [0.717, 1.165) is 60.0 Å². The van der Waals surface area contributed by atoms with Crippen molar-refractivity contribution in [3.63, 3.8) is 0 Å². The first kappa shape index (κ1) is 15.7. The second-order valence-electron chi connectivity index (χ2n) is 6.71. The molecular weight excluding hydrogens is 320 g/mol. The summed E-state index contributed by atoms with van der Waals surface area (Å²) in [7, 11) is 1.83. The van der Waals surface area contributed by atoms with E-state index in [1.165, 1.54) is 0 Å². The average molecular weight is 342 g/mol. The molecular formula is C18H22N4OS. The third-order valence-corrected chi connectivity index (χ3v) is 5.83. The van der Waals surface area contributed by atoms with Crippen molar-refractivity contribution >= 4 is 22.9 Å². The predicted octanol–water partition coefficient (Wildman–Crippen LogP) is 2.25. The second kappa shape index (κ2) is 6.27. The number of hydrogen-bond acceptors (Lipinski definition) is 5. The van der Waals surface area contributed by atoms with Crippen molar-refractivity contribution in [1.29, 1.82) is 0 Å². The predicted molar refractivity (Wildman–Crippen MR) is 97.2 cm³/mol. The first-order valence-electron chi connectivity index (χ1n) is 8.42. The van der Waals surface area contributed by atoms with Crippen LogP contribution in [-0.2, 0) is 17.8 Å². The summed E-state index contributed by atoms with van der Waals surface area (Å²) < 4.78 is 0. The Bertz CT molecular complexity index is 764.